The fourth-order valence-corrected chi connectivity index (χ4v) is 3.28. The lowest BCUT2D eigenvalue weighted by atomic mass is 10.1. The van der Waals surface area contributed by atoms with Crippen LogP contribution in [0.3, 0.4) is 0 Å². The summed E-state index contributed by atoms with van der Waals surface area (Å²) in [5, 5.41) is 13.1. The number of hydrogen-bond acceptors (Lipinski definition) is 4. The summed E-state index contributed by atoms with van der Waals surface area (Å²) in [6, 6.07) is 7.90. The molecule has 1 amide bonds. The molecule has 5 heteroatoms. The van der Waals surface area contributed by atoms with Gasteiger partial charge in [0.15, 0.2) is 0 Å². The van der Waals surface area contributed by atoms with Crippen LogP contribution >= 0.6 is 0 Å². The van der Waals surface area contributed by atoms with Gasteiger partial charge in [-0.2, -0.15) is 0 Å². The topological polar surface area (TPSA) is 78.6 Å². The molecule has 1 saturated heterocycles. The Balaban J connectivity index is 1.58. The fraction of sp³-hybridized carbons (Fsp3) is 0.562. The predicted octanol–water partition coefficient (Wildman–Crippen LogP) is 0.184. The Morgan fingerprint density at radius 1 is 1.33 bits per heavy atom. The molecule has 114 valence electrons. The largest absolute Gasteiger partial charge is 0.390 e. The molecule has 0 unspecified atom stereocenters. The van der Waals surface area contributed by atoms with Gasteiger partial charge in [-0.25, -0.2) is 0 Å². The zero-order valence-corrected chi connectivity index (χ0v) is 12.2. The molecular formula is C16H23N3O2. The van der Waals surface area contributed by atoms with Crippen LogP contribution in [-0.2, 0) is 11.2 Å². The first-order chi connectivity index (χ1) is 10.1. The average molecular weight is 289 g/mol. The highest BCUT2D eigenvalue weighted by Crippen LogP contribution is 2.31. The number of nitrogens with two attached hydrogens (primary N) is 1. The molecule has 1 aliphatic carbocycles. The van der Waals surface area contributed by atoms with E-state index in [0.717, 1.165) is 37.1 Å². The minimum atomic E-state index is -0.527. The normalized spacial score (nSPS) is 26.6. The van der Waals surface area contributed by atoms with Crippen molar-refractivity contribution in [3.8, 4) is 0 Å². The molecule has 21 heavy (non-hydrogen) atoms. The Kier molecular flexibility index (Phi) is 4.24. The summed E-state index contributed by atoms with van der Waals surface area (Å²) < 4.78 is 0. The van der Waals surface area contributed by atoms with Crippen LogP contribution in [0.1, 0.15) is 30.0 Å². The predicted molar refractivity (Wildman–Crippen MR) is 80.7 cm³/mol. The molecule has 1 fully saturated rings. The van der Waals surface area contributed by atoms with E-state index in [1.54, 1.807) is 0 Å². The van der Waals surface area contributed by atoms with Crippen LogP contribution in [0.25, 0.3) is 0 Å². The van der Waals surface area contributed by atoms with E-state index in [0.29, 0.717) is 13.0 Å². The summed E-state index contributed by atoms with van der Waals surface area (Å²) in [6.45, 7) is 2.13. The summed E-state index contributed by atoms with van der Waals surface area (Å²) >= 11 is 0. The second-order valence-corrected chi connectivity index (χ2v) is 6.13. The van der Waals surface area contributed by atoms with E-state index in [9.17, 15) is 9.90 Å². The third-order valence-corrected chi connectivity index (χ3v) is 4.52. The number of piperidine rings is 1. The van der Waals surface area contributed by atoms with E-state index >= 15 is 0 Å². The monoisotopic (exact) mass is 289 g/mol. The summed E-state index contributed by atoms with van der Waals surface area (Å²) in [5.41, 5.74) is 8.04. The summed E-state index contributed by atoms with van der Waals surface area (Å²) in [6.07, 6.45) is 1.98. The smallest absolute Gasteiger partial charge is 0.234 e. The number of hydrogen-bond donors (Lipinski definition) is 3. The van der Waals surface area contributed by atoms with Crippen molar-refractivity contribution in [3.63, 3.8) is 0 Å². The maximum absolute atomic E-state index is 12.2. The first kappa shape index (κ1) is 14.5. The molecule has 1 aromatic carbocycles. The van der Waals surface area contributed by atoms with Crippen LogP contribution in [-0.4, -0.2) is 47.7 Å². The highest BCUT2D eigenvalue weighted by atomic mass is 16.3. The van der Waals surface area contributed by atoms with Gasteiger partial charge in [-0.05, 0) is 24.0 Å². The van der Waals surface area contributed by atoms with Crippen molar-refractivity contribution in [1.82, 2.24) is 10.2 Å². The van der Waals surface area contributed by atoms with Crippen LogP contribution in [0.5, 0.6) is 0 Å². The molecular weight excluding hydrogens is 266 g/mol. The molecule has 0 bridgehead atoms. The van der Waals surface area contributed by atoms with Gasteiger partial charge in [0.25, 0.3) is 0 Å². The second kappa shape index (κ2) is 6.13. The van der Waals surface area contributed by atoms with Gasteiger partial charge in [-0.15, -0.1) is 0 Å². The van der Waals surface area contributed by atoms with Crippen LogP contribution in [0, 0.1) is 0 Å². The summed E-state index contributed by atoms with van der Waals surface area (Å²) in [4.78, 5) is 14.3. The minimum Gasteiger partial charge on any atom is -0.390 e. The second-order valence-electron chi connectivity index (χ2n) is 6.13. The first-order valence-corrected chi connectivity index (χ1v) is 7.66. The molecule has 0 saturated carbocycles. The van der Waals surface area contributed by atoms with Gasteiger partial charge < -0.3 is 16.2 Å². The number of rotatable bonds is 3. The number of nitrogens with one attached hydrogen (secondary N) is 1. The molecule has 0 radical (unpaired) electrons. The van der Waals surface area contributed by atoms with E-state index < -0.39 is 6.10 Å². The molecule has 0 spiro atoms. The lowest BCUT2D eigenvalue weighted by molar-refractivity contribution is -0.124. The number of benzene rings is 1. The lowest BCUT2D eigenvalue weighted by Crippen LogP contribution is -2.46. The van der Waals surface area contributed by atoms with Crippen molar-refractivity contribution in [2.24, 2.45) is 5.73 Å². The van der Waals surface area contributed by atoms with Crippen LogP contribution < -0.4 is 11.1 Å². The van der Waals surface area contributed by atoms with E-state index in [1.807, 2.05) is 24.3 Å². The Hall–Kier alpha value is -1.43. The van der Waals surface area contributed by atoms with Crippen LogP contribution in [0.4, 0.5) is 0 Å². The van der Waals surface area contributed by atoms with Gasteiger partial charge in [-0.1, -0.05) is 24.3 Å². The number of aliphatic hydroxyl groups excluding tert-OH is 1. The molecule has 1 heterocycles. The van der Waals surface area contributed by atoms with Gasteiger partial charge in [0.2, 0.25) is 5.91 Å². The maximum atomic E-state index is 12.2. The average Bonchev–Trinajstić information content (AvgIpc) is 2.78. The number of aliphatic hydroxyl groups is 1. The molecule has 2 aliphatic rings. The van der Waals surface area contributed by atoms with Crippen molar-refractivity contribution in [3.05, 3.63) is 35.4 Å². The Morgan fingerprint density at radius 2 is 2.05 bits per heavy atom. The molecule has 1 aliphatic heterocycles. The van der Waals surface area contributed by atoms with E-state index in [2.05, 4.69) is 10.2 Å². The Bertz CT molecular complexity index is 512. The highest BCUT2D eigenvalue weighted by molar-refractivity contribution is 5.78. The van der Waals surface area contributed by atoms with Crippen molar-refractivity contribution >= 4 is 5.91 Å². The number of amides is 1. The number of carbonyl (C=O) groups is 1. The zero-order chi connectivity index (χ0) is 14.8. The highest BCUT2D eigenvalue weighted by Gasteiger charge is 2.32. The van der Waals surface area contributed by atoms with Crippen LogP contribution in [0.2, 0.25) is 0 Å². The fourth-order valence-electron chi connectivity index (χ4n) is 3.28. The van der Waals surface area contributed by atoms with Gasteiger partial charge in [0.05, 0.1) is 18.7 Å². The van der Waals surface area contributed by atoms with Crippen molar-refractivity contribution in [2.45, 2.75) is 37.5 Å². The first-order valence-electron chi connectivity index (χ1n) is 7.66. The van der Waals surface area contributed by atoms with E-state index in [4.69, 9.17) is 5.73 Å². The molecule has 3 rings (SSSR count). The quantitative estimate of drug-likeness (QED) is 0.742. The molecule has 4 N–H and O–H groups in total. The summed E-state index contributed by atoms with van der Waals surface area (Å²) in [7, 11) is 0. The number of fused-ring (bicyclic) bond motifs is 1. The lowest BCUT2D eigenvalue weighted by Gasteiger charge is -2.30. The van der Waals surface area contributed by atoms with Gasteiger partial charge in [0, 0.05) is 25.6 Å². The van der Waals surface area contributed by atoms with Gasteiger partial charge >= 0.3 is 0 Å². The van der Waals surface area contributed by atoms with Crippen molar-refractivity contribution in [1.29, 1.82) is 0 Å². The molecule has 0 aromatic heterocycles. The molecule has 2 atom stereocenters. The molecule has 5 nitrogen and oxygen atoms in total. The Labute approximate surface area is 125 Å². The number of likely N-dealkylation sites (tertiary alicyclic amines) is 1. The van der Waals surface area contributed by atoms with E-state index in [-0.39, 0.29) is 18.0 Å². The SMILES string of the molecule is NC1CCN(CC(=O)N[C@@H]2c3ccccc3C[C@@H]2O)CC1. The van der Waals surface area contributed by atoms with Crippen molar-refractivity contribution in [2.75, 3.05) is 19.6 Å². The number of nitrogens with zero attached hydrogens (tertiary/aromatic N) is 1. The van der Waals surface area contributed by atoms with Crippen molar-refractivity contribution < 1.29 is 9.90 Å². The maximum Gasteiger partial charge on any atom is 0.234 e. The number of carbonyl (C=O) groups excluding carboxylic acids is 1. The minimum absolute atomic E-state index is 0.0220. The van der Waals surface area contributed by atoms with E-state index in [1.165, 1.54) is 0 Å². The Morgan fingerprint density at radius 3 is 2.81 bits per heavy atom. The van der Waals surface area contributed by atoms with Gasteiger partial charge in [-0.3, -0.25) is 9.69 Å². The third-order valence-electron chi connectivity index (χ3n) is 4.52. The van der Waals surface area contributed by atoms with Crippen LogP contribution in [0.15, 0.2) is 24.3 Å². The molecule has 1 aromatic rings. The van der Waals surface area contributed by atoms with Gasteiger partial charge in [0.1, 0.15) is 0 Å². The standard InChI is InChI=1S/C16H23N3O2/c17-12-5-7-19(8-6-12)10-15(21)18-16-13-4-2-1-3-11(13)9-14(16)20/h1-4,12,14,16,20H,5-10,17H2,(H,18,21)/t14-,16+/m0/s1. The summed E-state index contributed by atoms with van der Waals surface area (Å²) in [5.74, 6) is -0.0220. The zero-order valence-electron chi connectivity index (χ0n) is 12.2. The third kappa shape index (κ3) is 3.26.